The fourth-order valence-electron chi connectivity index (χ4n) is 1.36. The van der Waals surface area contributed by atoms with Gasteiger partial charge >= 0.3 is 0 Å². The zero-order valence-corrected chi connectivity index (χ0v) is 9.21. The van der Waals surface area contributed by atoms with E-state index in [9.17, 15) is 13.6 Å². The minimum absolute atomic E-state index is 0.0148. The fourth-order valence-corrected chi connectivity index (χ4v) is 1.57. The van der Waals surface area contributed by atoms with E-state index in [0.717, 1.165) is 24.4 Å². The van der Waals surface area contributed by atoms with Gasteiger partial charge in [-0.05, 0) is 24.3 Å². The summed E-state index contributed by atoms with van der Waals surface area (Å²) < 4.78 is 25.9. The molecule has 2 aromatic rings. The third-order valence-corrected chi connectivity index (χ3v) is 2.47. The van der Waals surface area contributed by atoms with Gasteiger partial charge in [0.15, 0.2) is 5.78 Å². The van der Waals surface area contributed by atoms with Crippen molar-refractivity contribution in [1.29, 1.82) is 0 Å². The van der Waals surface area contributed by atoms with Crippen molar-refractivity contribution in [1.82, 2.24) is 4.98 Å². The quantitative estimate of drug-likeness (QED) is 0.769. The number of carbonyl (C=O) groups is 1. The Labute approximate surface area is 101 Å². The first-order valence-corrected chi connectivity index (χ1v) is 5.06. The molecule has 2 rings (SSSR count). The summed E-state index contributed by atoms with van der Waals surface area (Å²) in [4.78, 5) is 15.5. The average molecular weight is 254 g/mol. The molecule has 2 nitrogen and oxygen atoms in total. The predicted molar refractivity (Wildman–Crippen MR) is 59.0 cm³/mol. The smallest absolute Gasteiger partial charge is 0.196 e. The second-order valence-corrected chi connectivity index (χ2v) is 3.75. The van der Waals surface area contributed by atoms with E-state index < -0.39 is 17.4 Å². The molecule has 5 heteroatoms. The number of benzene rings is 1. The minimum atomic E-state index is -0.636. The number of ketones is 1. The summed E-state index contributed by atoms with van der Waals surface area (Å²) in [6, 6.07) is 4.45. The van der Waals surface area contributed by atoms with Gasteiger partial charge in [-0.25, -0.2) is 8.78 Å². The first kappa shape index (κ1) is 11.7. The molecule has 17 heavy (non-hydrogen) atoms. The van der Waals surface area contributed by atoms with Crippen molar-refractivity contribution in [2.45, 2.75) is 0 Å². The lowest BCUT2D eigenvalue weighted by molar-refractivity contribution is 0.103. The lowest BCUT2D eigenvalue weighted by atomic mass is 10.0. The van der Waals surface area contributed by atoms with Crippen LogP contribution >= 0.6 is 11.6 Å². The predicted octanol–water partition coefficient (Wildman–Crippen LogP) is 3.24. The van der Waals surface area contributed by atoms with Gasteiger partial charge in [0.25, 0.3) is 0 Å². The van der Waals surface area contributed by atoms with Crippen LogP contribution in [0.4, 0.5) is 8.78 Å². The number of hydrogen-bond acceptors (Lipinski definition) is 2. The van der Waals surface area contributed by atoms with Gasteiger partial charge in [-0.1, -0.05) is 11.6 Å². The number of halogens is 3. The van der Waals surface area contributed by atoms with Crippen LogP contribution in [0.5, 0.6) is 0 Å². The second-order valence-electron chi connectivity index (χ2n) is 3.35. The van der Waals surface area contributed by atoms with Crippen LogP contribution in [0.3, 0.4) is 0 Å². The zero-order valence-electron chi connectivity index (χ0n) is 8.45. The minimum Gasteiger partial charge on any atom is -0.288 e. The monoisotopic (exact) mass is 253 g/mol. The van der Waals surface area contributed by atoms with Crippen LogP contribution < -0.4 is 0 Å². The van der Waals surface area contributed by atoms with Crippen molar-refractivity contribution in [3.05, 3.63) is 64.4 Å². The summed E-state index contributed by atoms with van der Waals surface area (Å²) in [7, 11) is 0. The maximum atomic E-state index is 13.0. The number of aromatic nitrogens is 1. The fraction of sp³-hybridized carbons (Fsp3) is 0. The van der Waals surface area contributed by atoms with Crippen molar-refractivity contribution in [2.75, 3.05) is 0 Å². The van der Waals surface area contributed by atoms with E-state index in [1.807, 2.05) is 0 Å². The molecular formula is C12H6ClF2NO. The Morgan fingerprint density at radius 3 is 2.59 bits per heavy atom. The van der Waals surface area contributed by atoms with Gasteiger partial charge in [0.2, 0.25) is 0 Å². The number of carbonyl (C=O) groups excluding carboxylic acids is 1. The largest absolute Gasteiger partial charge is 0.288 e. The summed E-state index contributed by atoms with van der Waals surface area (Å²) in [5.41, 5.74) is 0.0107. The molecule has 0 aliphatic rings. The molecule has 0 fully saturated rings. The van der Waals surface area contributed by atoms with Crippen LogP contribution in [0.2, 0.25) is 5.02 Å². The lowest BCUT2D eigenvalue weighted by Gasteiger charge is -2.03. The lowest BCUT2D eigenvalue weighted by Crippen LogP contribution is -2.04. The molecule has 0 atom stereocenters. The molecular weight excluding hydrogens is 248 g/mol. The van der Waals surface area contributed by atoms with E-state index >= 15 is 0 Å². The van der Waals surface area contributed by atoms with Gasteiger partial charge in [-0.3, -0.25) is 9.78 Å². The Morgan fingerprint density at radius 2 is 1.88 bits per heavy atom. The van der Waals surface area contributed by atoms with Gasteiger partial charge in [0.05, 0.1) is 11.2 Å². The van der Waals surface area contributed by atoms with Crippen molar-refractivity contribution < 1.29 is 13.6 Å². The Kier molecular flexibility index (Phi) is 3.15. The van der Waals surface area contributed by atoms with E-state index in [4.69, 9.17) is 11.6 Å². The maximum absolute atomic E-state index is 13.0. The summed E-state index contributed by atoms with van der Waals surface area (Å²) in [5.74, 6) is -1.79. The van der Waals surface area contributed by atoms with Gasteiger partial charge in [-0.15, -0.1) is 0 Å². The van der Waals surface area contributed by atoms with E-state index in [2.05, 4.69) is 4.98 Å². The SMILES string of the molecule is O=C(c1cncc(F)c1)c1cc(F)ccc1Cl. The molecule has 1 heterocycles. The maximum Gasteiger partial charge on any atom is 0.196 e. The van der Waals surface area contributed by atoms with Crippen LogP contribution in [0, 0.1) is 11.6 Å². The van der Waals surface area contributed by atoms with Crippen LogP contribution in [0.1, 0.15) is 15.9 Å². The summed E-state index contributed by atoms with van der Waals surface area (Å²) in [6.07, 6.45) is 2.18. The van der Waals surface area contributed by atoms with Crippen LogP contribution in [0.15, 0.2) is 36.7 Å². The molecule has 1 aromatic carbocycles. The molecule has 0 saturated carbocycles. The Morgan fingerprint density at radius 1 is 1.12 bits per heavy atom. The number of nitrogens with zero attached hydrogens (tertiary/aromatic N) is 1. The van der Waals surface area contributed by atoms with Crippen molar-refractivity contribution in [3.8, 4) is 0 Å². The highest BCUT2D eigenvalue weighted by Crippen LogP contribution is 2.20. The van der Waals surface area contributed by atoms with E-state index in [0.29, 0.717) is 0 Å². The van der Waals surface area contributed by atoms with Gasteiger partial charge in [-0.2, -0.15) is 0 Å². The number of pyridine rings is 1. The van der Waals surface area contributed by atoms with Crippen molar-refractivity contribution in [3.63, 3.8) is 0 Å². The topological polar surface area (TPSA) is 30.0 Å². The Balaban J connectivity index is 2.47. The standard InChI is InChI=1S/C12H6ClF2NO/c13-11-2-1-8(14)4-10(11)12(17)7-3-9(15)6-16-5-7/h1-6H. The number of rotatable bonds is 2. The summed E-state index contributed by atoms with van der Waals surface area (Å²) in [5, 5.41) is 0.112. The molecule has 0 radical (unpaired) electrons. The van der Waals surface area contributed by atoms with Crippen LogP contribution in [-0.4, -0.2) is 10.8 Å². The molecule has 0 N–H and O–H groups in total. The van der Waals surface area contributed by atoms with Gasteiger partial charge in [0.1, 0.15) is 11.6 Å². The van der Waals surface area contributed by atoms with Crippen molar-refractivity contribution in [2.24, 2.45) is 0 Å². The first-order chi connectivity index (χ1) is 8.08. The molecule has 86 valence electrons. The zero-order chi connectivity index (χ0) is 12.4. The molecule has 0 aliphatic heterocycles. The first-order valence-electron chi connectivity index (χ1n) is 4.68. The molecule has 0 saturated heterocycles. The van der Waals surface area contributed by atoms with E-state index in [1.165, 1.54) is 12.3 Å². The van der Waals surface area contributed by atoms with E-state index in [1.54, 1.807) is 0 Å². The third kappa shape index (κ3) is 2.47. The normalized spacial score (nSPS) is 10.3. The molecule has 1 aromatic heterocycles. The van der Waals surface area contributed by atoms with E-state index in [-0.39, 0.29) is 16.1 Å². The van der Waals surface area contributed by atoms with Gasteiger partial charge < -0.3 is 0 Å². The average Bonchev–Trinajstić information content (AvgIpc) is 2.31. The Hall–Kier alpha value is -1.81. The van der Waals surface area contributed by atoms with Crippen molar-refractivity contribution >= 4 is 17.4 Å². The molecule has 0 bridgehead atoms. The highest BCUT2D eigenvalue weighted by atomic mass is 35.5. The highest BCUT2D eigenvalue weighted by Gasteiger charge is 2.14. The molecule has 0 spiro atoms. The molecule has 0 amide bonds. The highest BCUT2D eigenvalue weighted by molar-refractivity contribution is 6.34. The molecule has 0 aliphatic carbocycles. The summed E-state index contributed by atoms with van der Waals surface area (Å²) in [6.45, 7) is 0. The molecule has 0 unspecified atom stereocenters. The summed E-state index contributed by atoms with van der Waals surface area (Å²) >= 11 is 5.78. The second kappa shape index (κ2) is 4.59. The Bertz CT molecular complexity index is 586. The number of hydrogen-bond donors (Lipinski definition) is 0. The van der Waals surface area contributed by atoms with Gasteiger partial charge in [0, 0.05) is 17.3 Å². The van der Waals surface area contributed by atoms with Crippen LogP contribution in [-0.2, 0) is 0 Å². The third-order valence-electron chi connectivity index (χ3n) is 2.14. The van der Waals surface area contributed by atoms with Crippen LogP contribution in [0.25, 0.3) is 0 Å².